The highest BCUT2D eigenvalue weighted by atomic mass is 16.5. The zero-order chi connectivity index (χ0) is 16.0. The summed E-state index contributed by atoms with van der Waals surface area (Å²) in [5.41, 5.74) is 7.42. The fourth-order valence-electron chi connectivity index (χ4n) is 2.27. The molecule has 22 heavy (non-hydrogen) atoms. The SMILES string of the molecule is CC(C)(C)c1ccc(OCCN=C(N)N2CCOCC2)cc1. The van der Waals surface area contributed by atoms with Gasteiger partial charge in [0.05, 0.1) is 19.8 Å². The molecule has 1 aromatic carbocycles. The fraction of sp³-hybridized carbons (Fsp3) is 0.588. The smallest absolute Gasteiger partial charge is 0.191 e. The summed E-state index contributed by atoms with van der Waals surface area (Å²) in [5, 5.41) is 0. The van der Waals surface area contributed by atoms with Gasteiger partial charge in [0.15, 0.2) is 5.96 Å². The number of hydrogen-bond donors (Lipinski definition) is 1. The molecule has 2 rings (SSSR count). The molecule has 5 nitrogen and oxygen atoms in total. The quantitative estimate of drug-likeness (QED) is 0.525. The Kier molecular flexibility index (Phi) is 5.66. The van der Waals surface area contributed by atoms with Crippen molar-refractivity contribution in [1.29, 1.82) is 0 Å². The average molecular weight is 305 g/mol. The molecule has 0 bridgehead atoms. The molecule has 0 aliphatic carbocycles. The number of nitrogens with zero attached hydrogens (tertiary/aromatic N) is 2. The lowest BCUT2D eigenvalue weighted by Gasteiger charge is -2.27. The van der Waals surface area contributed by atoms with E-state index >= 15 is 0 Å². The number of aliphatic imine (C=N–C) groups is 1. The molecule has 0 radical (unpaired) electrons. The van der Waals surface area contributed by atoms with Gasteiger partial charge in [0.25, 0.3) is 0 Å². The van der Waals surface area contributed by atoms with E-state index in [1.807, 2.05) is 17.0 Å². The monoisotopic (exact) mass is 305 g/mol. The molecule has 0 aromatic heterocycles. The molecule has 1 fully saturated rings. The Morgan fingerprint density at radius 3 is 2.45 bits per heavy atom. The first-order chi connectivity index (χ1) is 10.5. The van der Waals surface area contributed by atoms with Crippen LogP contribution in [0.3, 0.4) is 0 Å². The van der Waals surface area contributed by atoms with Crippen LogP contribution < -0.4 is 10.5 Å². The number of hydrogen-bond acceptors (Lipinski definition) is 3. The van der Waals surface area contributed by atoms with Crippen molar-refractivity contribution in [3.8, 4) is 5.75 Å². The third-order valence-electron chi connectivity index (χ3n) is 3.69. The van der Waals surface area contributed by atoms with Crippen molar-refractivity contribution in [1.82, 2.24) is 4.90 Å². The lowest BCUT2D eigenvalue weighted by Crippen LogP contribution is -2.45. The van der Waals surface area contributed by atoms with Crippen molar-refractivity contribution in [2.24, 2.45) is 10.7 Å². The van der Waals surface area contributed by atoms with Gasteiger partial charge in [-0.2, -0.15) is 0 Å². The number of benzene rings is 1. The van der Waals surface area contributed by atoms with Gasteiger partial charge in [-0.25, -0.2) is 4.99 Å². The van der Waals surface area contributed by atoms with Crippen molar-refractivity contribution in [2.45, 2.75) is 26.2 Å². The molecule has 0 saturated carbocycles. The van der Waals surface area contributed by atoms with Gasteiger partial charge in [-0.1, -0.05) is 32.9 Å². The summed E-state index contributed by atoms with van der Waals surface area (Å²) in [7, 11) is 0. The molecule has 0 spiro atoms. The summed E-state index contributed by atoms with van der Waals surface area (Å²) >= 11 is 0. The first-order valence-electron chi connectivity index (χ1n) is 7.83. The van der Waals surface area contributed by atoms with Crippen molar-refractivity contribution in [3.63, 3.8) is 0 Å². The molecule has 1 heterocycles. The van der Waals surface area contributed by atoms with Crippen molar-refractivity contribution in [2.75, 3.05) is 39.5 Å². The zero-order valence-corrected chi connectivity index (χ0v) is 13.8. The minimum Gasteiger partial charge on any atom is -0.492 e. The van der Waals surface area contributed by atoms with Crippen LogP contribution in [0.25, 0.3) is 0 Å². The normalized spacial score (nSPS) is 16.7. The van der Waals surface area contributed by atoms with E-state index in [1.54, 1.807) is 0 Å². The number of guanidine groups is 1. The lowest BCUT2D eigenvalue weighted by atomic mass is 9.87. The topological polar surface area (TPSA) is 60.1 Å². The van der Waals surface area contributed by atoms with Crippen LogP contribution >= 0.6 is 0 Å². The highest BCUT2D eigenvalue weighted by molar-refractivity contribution is 5.78. The second-order valence-electron chi connectivity index (χ2n) is 6.46. The molecule has 1 aliphatic heterocycles. The summed E-state index contributed by atoms with van der Waals surface area (Å²) in [6.45, 7) is 10.7. The molecule has 5 heteroatoms. The van der Waals surface area contributed by atoms with Gasteiger partial charge in [0, 0.05) is 13.1 Å². The number of morpholine rings is 1. The number of ether oxygens (including phenoxy) is 2. The van der Waals surface area contributed by atoms with E-state index in [2.05, 4.69) is 37.9 Å². The van der Waals surface area contributed by atoms with Crippen LogP contribution in [0.15, 0.2) is 29.3 Å². The Bertz CT molecular complexity index is 486. The first-order valence-corrected chi connectivity index (χ1v) is 7.83. The third kappa shape index (κ3) is 4.91. The summed E-state index contributed by atoms with van der Waals surface area (Å²) in [5.74, 6) is 1.45. The zero-order valence-electron chi connectivity index (χ0n) is 13.8. The van der Waals surface area contributed by atoms with E-state index in [0.717, 1.165) is 18.8 Å². The summed E-state index contributed by atoms with van der Waals surface area (Å²) in [6.07, 6.45) is 0. The molecule has 2 N–H and O–H groups in total. The molecule has 1 aromatic rings. The van der Waals surface area contributed by atoms with Crippen LogP contribution in [-0.2, 0) is 10.2 Å². The third-order valence-corrected chi connectivity index (χ3v) is 3.69. The number of nitrogens with two attached hydrogens (primary N) is 1. The molecule has 1 aliphatic rings. The van der Waals surface area contributed by atoms with Gasteiger partial charge in [0.2, 0.25) is 0 Å². The van der Waals surface area contributed by atoms with Crippen molar-refractivity contribution < 1.29 is 9.47 Å². The van der Waals surface area contributed by atoms with Crippen LogP contribution in [0.1, 0.15) is 26.3 Å². The number of rotatable bonds is 4. The predicted octanol–water partition coefficient (Wildman–Crippen LogP) is 2.01. The van der Waals surface area contributed by atoms with Crippen LogP contribution in [0.5, 0.6) is 5.75 Å². The maximum Gasteiger partial charge on any atom is 0.191 e. The minimum absolute atomic E-state index is 0.162. The van der Waals surface area contributed by atoms with E-state index in [0.29, 0.717) is 32.3 Å². The first kappa shape index (κ1) is 16.6. The van der Waals surface area contributed by atoms with Crippen molar-refractivity contribution in [3.05, 3.63) is 29.8 Å². The Balaban J connectivity index is 1.76. The molecular formula is C17H27N3O2. The van der Waals surface area contributed by atoms with Gasteiger partial charge in [-0.15, -0.1) is 0 Å². The Hall–Kier alpha value is -1.75. The van der Waals surface area contributed by atoms with E-state index in [1.165, 1.54) is 5.56 Å². The Labute approximate surface area is 133 Å². The van der Waals surface area contributed by atoms with E-state index in [9.17, 15) is 0 Å². The molecule has 0 unspecified atom stereocenters. The molecule has 0 atom stereocenters. The average Bonchev–Trinajstić information content (AvgIpc) is 2.52. The van der Waals surface area contributed by atoms with Gasteiger partial charge in [-0.05, 0) is 23.1 Å². The summed E-state index contributed by atoms with van der Waals surface area (Å²) in [6, 6.07) is 8.24. The van der Waals surface area contributed by atoms with Gasteiger partial charge >= 0.3 is 0 Å². The van der Waals surface area contributed by atoms with Gasteiger partial charge < -0.3 is 20.1 Å². The minimum atomic E-state index is 0.162. The second kappa shape index (κ2) is 7.49. The van der Waals surface area contributed by atoms with Crippen molar-refractivity contribution >= 4 is 5.96 Å². The standard InChI is InChI=1S/C17H27N3O2/c1-17(2,3)14-4-6-15(7-5-14)22-11-8-19-16(18)20-9-12-21-13-10-20/h4-7H,8-13H2,1-3H3,(H2,18,19). The Morgan fingerprint density at radius 2 is 1.86 bits per heavy atom. The largest absolute Gasteiger partial charge is 0.492 e. The van der Waals surface area contributed by atoms with E-state index < -0.39 is 0 Å². The van der Waals surface area contributed by atoms with Crippen LogP contribution in [0.4, 0.5) is 0 Å². The summed E-state index contributed by atoms with van der Waals surface area (Å²) in [4.78, 5) is 6.40. The van der Waals surface area contributed by atoms with E-state index in [4.69, 9.17) is 15.2 Å². The fourth-order valence-corrected chi connectivity index (χ4v) is 2.27. The van der Waals surface area contributed by atoms with Crippen LogP contribution in [0.2, 0.25) is 0 Å². The maximum absolute atomic E-state index is 5.96. The lowest BCUT2D eigenvalue weighted by molar-refractivity contribution is 0.0674. The molecular weight excluding hydrogens is 278 g/mol. The highest BCUT2D eigenvalue weighted by Crippen LogP contribution is 2.24. The van der Waals surface area contributed by atoms with Gasteiger partial charge in [-0.3, -0.25) is 0 Å². The summed E-state index contributed by atoms with van der Waals surface area (Å²) < 4.78 is 11.0. The van der Waals surface area contributed by atoms with Crippen LogP contribution in [-0.4, -0.2) is 50.3 Å². The second-order valence-corrected chi connectivity index (χ2v) is 6.46. The molecule has 1 saturated heterocycles. The predicted molar refractivity (Wildman–Crippen MR) is 89.5 cm³/mol. The molecule has 0 amide bonds. The van der Waals surface area contributed by atoms with Crippen LogP contribution in [0, 0.1) is 0 Å². The molecule has 122 valence electrons. The van der Waals surface area contributed by atoms with E-state index in [-0.39, 0.29) is 5.41 Å². The maximum atomic E-state index is 5.96. The Morgan fingerprint density at radius 1 is 1.23 bits per heavy atom. The van der Waals surface area contributed by atoms with Gasteiger partial charge in [0.1, 0.15) is 12.4 Å². The highest BCUT2D eigenvalue weighted by Gasteiger charge is 2.13.